The average molecular weight is 400 g/mol. The number of amides is 1. The van der Waals surface area contributed by atoms with Gasteiger partial charge in [-0.25, -0.2) is 14.2 Å². The van der Waals surface area contributed by atoms with Gasteiger partial charge in [0.25, 0.3) is 5.91 Å². The summed E-state index contributed by atoms with van der Waals surface area (Å²) in [7, 11) is 2.74. The number of aromatic nitrogens is 1. The van der Waals surface area contributed by atoms with E-state index in [1.54, 1.807) is 36.4 Å². The van der Waals surface area contributed by atoms with Gasteiger partial charge in [0.1, 0.15) is 27.0 Å². The number of nitrogens with zero attached hydrogens (tertiary/aromatic N) is 1. The second-order valence-electron chi connectivity index (χ2n) is 5.72. The van der Waals surface area contributed by atoms with Gasteiger partial charge in [0, 0.05) is 12.1 Å². The summed E-state index contributed by atoms with van der Waals surface area (Å²) >= 11 is 1.10. The van der Waals surface area contributed by atoms with Crippen molar-refractivity contribution in [2.75, 3.05) is 14.2 Å². The van der Waals surface area contributed by atoms with Crippen LogP contribution in [0, 0.1) is 5.82 Å². The van der Waals surface area contributed by atoms with Gasteiger partial charge >= 0.3 is 5.97 Å². The fraction of sp³-hybridized carbons (Fsp3) is 0.150. The zero-order chi connectivity index (χ0) is 20.1. The van der Waals surface area contributed by atoms with Gasteiger partial charge in [-0.1, -0.05) is 18.2 Å². The Balaban J connectivity index is 1.71. The lowest BCUT2D eigenvalue weighted by Crippen LogP contribution is -2.22. The first kappa shape index (κ1) is 19.5. The van der Waals surface area contributed by atoms with Crippen LogP contribution < -0.4 is 10.1 Å². The Morgan fingerprint density at radius 2 is 1.96 bits per heavy atom. The molecule has 0 spiro atoms. The first-order chi connectivity index (χ1) is 13.5. The molecule has 3 rings (SSSR count). The summed E-state index contributed by atoms with van der Waals surface area (Å²) < 4.78 is 23.8. The maximum Gasteiger partial charge on any atom is 0.341 e. The van der Waals surface area contributed by atoms with Crippen LogP contribution in [0.5, 0.6) is 5.75 Å². The van der Waals surface area contributed by atoms with E-state index in [0.29, 0.717) is 26.8 Å². The summed E-state index contributed by atoms with van der Waals surface area (Å²) in [5, 5.41) is 3.19. The van der Waals surface area contributed by atoms with Gasteiger partial charge in [-0.2, -0.15) is 0 Å². The van der Waals surface area contributed by atoms with Crippen molar-refractivity contribution >= 4 is 23.2 Å². The highest BCUT2D eigenvalue weighted by molar-refractivity contribution is 7.16. The first-order valence-corrected chi connectivity index (χ1v) is 9.09. The quantitative estimate of drug-likeness (QED) is 0.639. The Morgan fingerprint density at radius 1 is 1.18 bits per heavy atom. The van der Waals surface area contributed by atoms with Crippen LogP contribution in [0.1, 0.15) is 25.6 Å². The lowest BCUT2D eigenvalue weighted by atomic mass is 10.1. The van der Waals surface area contributed by atoms with Gasteiger partial charge in [0.05, 0.1) is 20.4 Å². The van der Waals surface area contributed by atoms with Crippen LogP contribution in [-0.4, -0.2) is 31.1 Å². The topological polar surface area (TPSA) is 77.5 Å². The van der Waals surface area contributed by atoms with Crippen LogP contribution in [-0.2, 0) is 11.3 Å². The summed E-state index contributed by atoms with van der Waals surface area (Å²) in [6, 6.07) is 11.2. The zero-order valence-corrected chi connectivity index (χ0v) is 16.0. The van der Waals surface area contributed by atoms with Gasteiger partial charge in [-0.05, 0) is 29.8 Å². The number of methoxy groups -OCH3 is 2. The summed E-state index contributed by atoms with van der Waals surface area (Å²) in [4.78, 5) is 28.7. The minimum Gasteiger partial charge on any atom is -0.496 e. The Morgan fingerprint density at radius 3 is 2.68 bits per heavy atom. The molecule has 0 aliphatic heterocycles. The summed E-state index contributed by atoms with van der Waals surface area (Å²) in [5.74, 6) is -0.867. The highest BCUT2D eigenvalue weighted by Crippen LogP contribution is 2.27. The highest BCUT2D eigenvalue weighted by Gasteiger charge is 2.16. The Labute approximate surface area is 164 Å². The number of benzene rings is 2. The minimum absolute atomic E-state index is 0.194. The van der Waals surface area contributed by atoms with Crippen molar-refractivity contribution in [3.63, 3.8) is 0 Å². The highest BCUT2D eigenvalue weighted by atomic mass is 32.1. The summed E-state index contributed by atoms with van der Waals surface area (Å²) in [5.41, 5.74) is 1.33. The Kier molecular flexibility index (Phi) is 6.00. The normalized spacial score (nSPS) is 10.4. The third-order valence-electron chi connectivity index (χ3n) is 3.96. The van der Waals surface area contributed by atoms with Gasteiger partial charge in [0.15, 0.2) is 0 Å². The van der Waals surface area contributed by atoms with Crippen molar-refractivity contribution in [1.29, 1.82) is 0 Å². The molecule has 28 heavy (non-hydrogen) atoms. The molecule has 0 atom stereocenters. The van der Waals surface area contributed by atoms with E-state index in [0.717, 1.165) is 11.3 Å². The van der Waals surface area contributed by atoms with Crippen molar-refractivity contribution in [3.8, 4) is 16.3 Å². The van der Waals surface area contributed by atoms with Crippen LogP contribution in [0.3, 0.4) is 0 Å². The molecule has 0 saturated heterocycles. The van der Waals surface area contributed by atoms with E-state index in [2.05, 4.69) is 10.3 Å². The van der Waals surface area contributed by atoms with Gasteiger partial charge in [-0.3, -0.25) is 4.79 Å². The van der Waals surface area contributed by atoms with E-state index in [-0.39, 0.29) is 18.0 Å². The Hall–Kier alpha value is -3.26. The molecular weight excluding hydrogens is 383 g/mol. The predicted molar refractivity (Wildman–Crippen MR) is 103 cm³/mol. The largest absolute Gasteiger partial charge is 0.496 e. The smallest absolute Gasteiger partial charge is 0.341 e. The lowest BCUT2D eigenvalue weighted by molar-refractivity contribution is 0.0597. The number of ether oxygens (including phenoxy) is 2. The van der Waals surface area contributed by atoms with Crippen molar-refractivity contribution < 1.29 is 23.5 Å². The van der Waals surface area contributed by atoms with E-state index < -0.39 is 11.8 Å². The number of halogens is 1. The molecular formula is C20H17FN2O4S. The number of esters is 1. The first-order valence-electron chi connectivity index (χ1n) is 8.27. The predicted octanol–water partition coefficient (Wildman–Crippen LogP) is 3.67. The molecule has 0 saturated carbocycles. The number of hydrogen-bond donors (Lipinski definition) is 1. The summed E-state index contributed by atoms with van der Waals surface area (Å²) in [6.45, 7) is 0.194. The molecule has 0 aliphatic carbocycles. The second-order valence-corrected chi connectivity index (χ2v) is 6.75. The van der Waals surface area contributed by atoms with Crippen LogP contribution >= 0.6 is 11.3 Å². The maximum atomic E-state index is 13.9. The van der Waals surface area contributed by atoms with Gasteiger partial charge < -0.3 is 14.8 Å². The number of nitrogens with one attached hydrogen (secondary N) is 1. The second kappa shape index (κ2) is 8.62. The number of rotatable bonds is 6. The van der Waals surface area contributed by atoms with E-state index in [1.807, 2.05) is 0 Å². The zero-order valence-electron chi connectivity index (χ0n) is 15.2. The van der Waals surface area contributed by atoms with Crippen LogP contribution in [0.2, 0.25) is 0 Å². The van der Waals surface area contributed by atoms with Gasteiger partial charge in [-0.15, -0.1) is 11.3 Å². The number of hydrogen-bond acceptors (Lipinski definition) is 6. The standard InChI is InChI=1S/C20H17FN2O4S/c1-26-16-8-7-12(9-14(16)20(25)27-2)10-22-18(24)17-11-23-19(28-17)13-5-3-4-6-15(13)21/h3-9,11H,10H2,1-2H3,(H,22,24). The average Bonchev–Trinajstić information content (AvgIpc) is 3.21. The molecule has 1 heterocycles. The van der Waals surface area contributed by atoms with Crippen molar-refractivity contribution in [1.82, 2.24) is 10.3 Å². The van der Waals surface area contributed by atoms with Crippen LogP contribution in [0.25, 0.3) is 10.6 Å². The third kappa shape index (κ3) is 4.17. The van der Waals surface area contributed by atoms with E-state index in [9.17, 15) is 14.0 Å². The molecule has 1 amide bonds. The number of carbonyl (C=O) groups is 2. The molecule has 0 radical (unpaired) electrons. The molecule has 3 aromatic rings. The molecule has 0 unspecified atom stereocenters. The number of thiazole rings is 1. The summed E-state index contributed by atoms with van der Waals surface area (Å²) in [6.07, 6.45) is 1.41. The van der Waals surface area contributed by atoms with Crippen LogP contribution in [0.15, 0.2) is 48.7 Å². The SMILES string of the molecule is COC(=O)c1cc(CNC(=O)c2cnc(-c3ccccc3F)s2)ccc1OC. The number of carbonyl (C=O) groups excluding carboxylic acids is 2. The van der Waals surface area contributed by atoms with Crippen molar-refractivity contribution in [3.05, 3.63) is 70.5 Å². The molecule has 1 N–H and O–H groups in total. The van der Waals surface area contributed by atoms with Gasteiger partial charge in [0.2, 0.25) is 0 Å². The minimum atomic E-state index is -0.526. The molecule has 8 heteroatoms. The van der Waals surface area contributed by atoms with Crippen molar-refractivity contribution in [2.24, 2.45) is 0 Å². The molecule has 0 fully saturated rings. The fourth-order valence-electron chi connectivity index (χ4n) is 2.54. The monoisotopic (exact) mass is 400 g/mol. The lowest BCUT2D eigenvalue weighted by Gasteiger charge is -2.09. The van der Waals surface area contributed by atoms with E-state index in [4.69, 9.17) is 9.47 Å². The van der Waals surface area contributed by atoms with Crippen LogP contribution in [0.4, 0.5) is 4.39 Å². The molecule has 2 aromatic carbocycles. The Bertz CT molecular complexity index is 1020. The fourth-order valence-corrected chi connectivity index (χ4v) is 3.40. The maximum absolute atomic E-state index is 13.9. The molecule has 1 aromatic heterocycles. The molecule has 144 valence electrons. The van der Waals surface area contributed by atoms with Crippen molar-refractivity contribution in [2.45, 2.75) is 6.54 Å². The molecule has 0 bridgehead atoms. The van der Waals surface area contributed by atoms with E-state index in [1.165, 1.54) is 26.5 Å². The third-order valence-corrected chi connectivity index (χ3v) is 4.99. The molecule has 6 nitrogen and oxygen atoms in total. The molecule has 0 aliphatic rings. The van der Waals surface area contributed by atoms with E-state index >= 15 is 0 Å².